The molecule has 0 saturated carbocycles. The summed E-state index contributed by atoms with van der Waals surface area (Å²) in [6.45, 7) is 3.02. The lowest BCUT2D eigenvalue weighted by molar-refractivity contribution is -0.130. The van der Waals surface area contributed by atoms with Gasteiger partial charge in [-0.15, -0.1) is 0 Å². The normalized spacial score (nSPS) is 16.4. The molecular formula is C14H10ClN3O3. The molecule has 2 aromatic heterocycles. The van der Waals surface area contributed by atoms with Crippen LogP contribution in [0.25, 0.3) is 17.1 Å². The van der Waals surface area contributed by atoms with E-state index in [0.717, 1.165) is 0 Å². The minimum atomic E-state index is -0.522. The molecule has 0 atom stereocenters. The average Bonchev–Trinajstić information content (AvgIpc) is 2.91. The van der Waals surface area contributed by atoms with Crippen molar-refractivity contribution in [2.45, 2.75) is 13.8 Å². The van der Waals surface area contributed by atoms with Crippen LogP contribution in [0.1, 0.15) is 24.2 Å². The topological polar surface area (TPSA) is 73.6 Å². The predicted molar refractivity (Wildman–Crippen MR) is 78.2 cm³/mol. The highest BCUT2D eigenvalue weighted by Crippen LogP contribution is 2.26. The van der Waals surface area contributed by atoms with E-state index in [9.17, 15) is 9.59 Å². The molecular weight excluding hydrogens is 294 g/mol. The molecule has 2 aromatic rings. The lowest BCUT2D eigenvalue weighted by Gasteiger charge is -1.97. The molecule has 106 valence electrons. The smallest absolute Gasteiger partial charge is 0.363 e. The summed E-state index contributed by atoms with van der Waals surface area (Å²) in [6, 6.07) is 1.69. The van der Waals surface area contributed by atoms with Crippen molar-refractivity contribution < 1.29 is 14.3 Å². The molecule has 0 unspecified atom stereocenters. The second kappa shape index (κ2) is 4.82. The number of hydrogen-bond acceptors (Lipinski definition) is 5. The highest BCUT2D eigenvalue weighted by molar-refractivity contribution is 6.31. The van der Waals surface area contributed by atoms with Gasteiger partial charge in [-0.3, -0.25) is 9.36 Å². The fourth-order valence-electron chi connectivity index (χ4n) is 2.12. The molecule has 3 heterocycles. The zero-order valence-corrected chi connectivity index (χ0v) is 12.0. The van der Waals surface area contributed by atoms with Gasteiger partial charge >= 0.3 is 5.97 Å². The summed E-state index contributed by atoms with van der Waals surface area (Å²) in [5.41, 5.74) is 1.28. The van der Waals surface area contributed by atoms with E-state index in [1.807, 2.05) is 0 Å². The Balaban J connectivity index is 2.23. The van der Waals surface area contributed by atoms with E-state index in [1.54, 1.807) is 25.3 Å². The summed E-state index contributed by atoms with van der Waals surface area (Å²) < 4.78 is 6.26. The van der Waals surface area contributed by atoms with Crippen LogP contribution >= 0.6 is 11.6 Å². The Morgan fingerprint density at radius 1 is 1.48 bits per heavy atom. The van der Waals surface area contributed by atoms with E-state index in [-0.39, 0.29) is 17.5 Å². The largest absolute Gasteiger partial charge is 0.407 e. The van der Waals surface area contributed by atoms with E-state index in [2.05, 4.69) is 9.98 Å². The maximum absolute atomic E-state index is 11.7. The number of carbonyl (C=O) groups is 2. The number of aromatic nitrogens is 2. The highest BCUT2D eigenvalue weighted by atomic mass is 35.5. The van der Waals surface area contributed by atoms with E-state index in [0.29, 0.717) is 21.6 Å². The van der Waals surface area contributed by atoms with Crippen LogP contribution in [-0.2, 0) is 9.53 Å². The molecule has 0 bridgehead atoms. The van der Waals surface area contributed by atoms with Gasteiger partial charge in [0.1, 0.15) is 5.65 Å². The molecule has 0 spiro atoms. The van der Waals surface area contributed by atoms with Crippen molar-refractivity contribution in [2.75, 3.05) is 0 Å². The zero-order chi connectivity index (χ0) is 15.1. The van der Waals surface area contributed by atoms with Gasteiger partial charge < -0.3 is 4.74 Å². The van der Waals surface area contributed by atoms with Crippen LogP contribution in [0.3, 0.4) is 0 Å². The van der Waals surface area contributed by atoms with Crippen LogP contribution in [0.5, 0.6) is 0 Å². The number of cyclic esters (lactones) is 1. The predicted octanol–water partition coefficient (Wildman–Crippen LogP) is 2.67. The lowest BCUT2D eigenvalue weighted by Crippen LogP contribution is -2.04. The van der Waals surface area contributed by atoms with Crippen molar-refractivity contribution in [1.82, 2.24) is 9.55 Å². The van der Waals surface area contributed by atoms with Gasteiger partial charge in [-0.2, -0.15) is 0 Å². The molecule has 21 heavy (non-hydrogen) atoms. The first-order chi connectivity index (χ1) is 9.95. The number of fused-ring (bicyclic) bond motifs is 1. The number of nitrogens with zero attached hydrogens (tertiary/aromatic N) is 3. The number of rotatable bonds is 1. The molecule has 0 fully saturated rings. The van der Waals surface area contributed by atoms with E-state index in [1.165, 1.54) is 17.7 Å². The molecule has 0 aliphatic carbocycles. The van der Waals surface area contributed by atoms with Crippen molar-refractivity contribution >= 4 is 46.5 Å². The third-order valence-corrected chi connectivity index (χ3v) is 3.21. The number of esters is 1. The summed E-state index contributed by atoms with van der Waals surface area (Å²) in [7, 11) is 0. The SMILES string of the molecule is CC(=O)n1cc(C=C2N=C(C)OC2=O)c2cc(Cl)cnc21. The first-order valence-electron chi connectivity index (χ1n) is 6.12. The lowest BCUT2D eigenvalue weighted by atomic mass is 10.2. The standard InChI is InChI=1S/C14H10ClN3O3/c1-7-17-12(14(20)21-7)3-9-6-18(8(2)19)13-11(9)4-10(15)5-16-13/h3-6H,1-2H3. The van der Waals surface area contributed by atoms with Gasteiger partial charge in [0.2, 0.25) is 5.91 Å². The molecule has 1 aliphatic heterocycles. The maximum atomic E-state index is 11.7. The Hall–Kier alpha value is -2.47. The Kier molecular flexibility index (Phi) is 3.10. The van der Waals surface area contributed by atoms with Crippen LogP contribution < -0.4 is 0 Å². The van der Waals surface area contributed by atoms with Crippen LogP contribution in [0.15, 0.2) is 29.1 Å². The third kappa shape index (κ3) is 2.34. The van der Waals surface area contributed by atoms with Crippen molar-refractivity contribution in [1.29, 1.82) is 0 Å². The summed E-state index contributed by atoms with van der Waals surface area (Å²) >= 11 is 5.95. The molecule has 0 aromatic carbocycles. The van der Waals surface area contributed by atoms with Gasteiger partial charge in [0, 0.05) is 37.2 Å². The molecule has 3 rings (SSSR count). The zero-order valence-electron chi connectivity index (χ0n) is 11.3. The van der Waals surface area contributed by atoms with Gasteiger partial charge in [0.15, 0.2) is 11.6 Å². The Morgan fingerprint density at radius 3 is 2.86 bits per heavy atom. The molecule has 0 amide bonds. The second-order valence-corrected chi connectivity index (χ2v) is 4.98. The molecule has 6 nitrogen and oxygen atoms in total. The number of carbonyl (C=O) groups excluding carboxylic acids is 2. The first-order valence-corrected chi connectivity index (χ1v) is 6.50. The summed E-state index contributed by atoms with van der Waals surface area (Å²) in [4.78, 5) is 31.4. The number of halogens is 1. The first kappa shape index (κ1) is 13.5. The molecule has 0 saturated heterocycles. The minimum Gasteiger partial charge on any atom is -0.407 e. The summed E-state index contributed by atoms with van der Waals surface area (Å²) in [5.74, 6) is -0.419. The second-order valence-electron chi connectivity index (χ2n) is 4.55. The number of ether oxygens (including phenoxy) is 1. The van der Waals surface area contributed by atoms with Gasteiger partial charge in [-0.1, -0.05) is 11.6 Å². The quantitative estimate of drug-likeness (QED) is 0.599. The Labute approximate surface area is 124 Å². The number of aliphatic imine (C=N–C) groups is 1. The number of hydrogen-bond donors (Lipinski definition) is 0. The van der Waals surface area contributed by atoms with Crippen molar-refractivity contribution in [3.63, 3.8) is 0 Å². The molecule has 0 N–H and O–H groups in total. The number of pyridine rings is 1. The van der Waals surface area contributed by atoms with E-state index < -0.39 is 5.97 Å². The summed E-state index contributed by atoms with van der Waals surface area (Å²) in [6.07, 6.45) is 4.62. The molecule has 1 aliphatic rings. The minimum absolute atomic E-state index is 0.176. The van der Waals surface area contributed by atoms with Crippen LogP contribution in [0, 0.1) is 0 Å². The van der Waals surface area contributed by atoms with Gasteiger partial charge in [-0.05, 0) is 12.1 Å². The van der Waals surface area contributed by atoms with Gasteiger partial charge in [0.05, 0.1) is 5.02 Å². The average molecular weight is 304 g/mol. The van der Waals surface area contributed by atoms with Gasteiger partial charge in [-0.25, -0.2) is 14.8 Å². The van der Waals surface area contributed by atoms with Crippen LogP contribution in [0.2, 0.25) is 5.02 Å². The van der Waals surface area contributed by atoms with E-state index >= 15 is 0 Å². The van der Waals surface area contributed by atoms with Crippen molar-refractivity contribution in [3.05, 3.63) is 34.7 Å². The Bertz CT molecular complexity index is 849. The fourth-order valence-corrected chi connectivity index (χ4v) is 2.28. The highest BCUT2D eigenvalue weighted by Gasteiger charge is 2.21. The maximum Gasteiger partial charge on any atom is 0.363 e. The van der Waals surface area contributed by atoms with Gasteiger partial charge in [0.25, 0.3) is 0 Å². The van der Waals surface area contributed by atoms with Crippen LogP contribution in [0.4, 0.5) is 0 Å². The van der Waals surface area contributed by atoms with E-state index in [4.69, 9.17) is 16.3 Å². The Morgan fingerprint density at radius 2 is 2.24 bits per heavy atom. The summed E-state index contributed by atoms with van der Waals surface area (Å²) in [5, 5.41) is 1.11. The van der Waals surface area contributed by atoms with Crippen molar-refractivity contribution in [2.24, 2.45) is 4.99 Å². The molecule has 0 radical (unpaired) electrons. The van der Waals surface area contributed by atoms with Crippen molar-refractivity contribution in [3.8, 4) is 0 Å². The molecule has 7 heteroatoms. The fraction of sp³-hybridized carbons (Fsp3) is 0.143. The third-order valence-electron chi connectivity index (χ3n) is 3.00. The van der Waals surface area contributed by atoms with Crippen LogP contribution in [-0.4, -0.2) is 27.3 Å². The monoisotopic (exact) mass is 303 g/mol.